The summed E-state index contributed by atoms with van der Waals surface area (Å²) in [4.78, 5) is 17.1. The van der Waals surface area contributed by atoms with Gasteiger partial charge in [-0.3, -0.25) is 14.4 Å². The van der Waals surface area contributed by atoms with E-state index in [4.69, 9.17) is 20.8 Å². The summed E-state index contributed by atoms with van der Waals surface area (Å²) in [6, 6.07) is 13.6. The molecule has 1 unspecified atom stereocenters. The molecule has 1 N–H and O–H groups in total. The van der Waals surface area contributed by atoms with Gasteiger partial charge in [-0.25, -0.2) is 0 Å². The van der Waals surface area contributed by atoms with Crippen LogP contribution in [-0.2, 0) is 11.3 Å². The predicted molar refractivity (Wildman–Crippen MR) is 134 cm³/mol. The molecule has 1 amide bonds. The minimum atomic E-state index is -0.0913. The van der Waals surface area contributed by atoms with Crippen molar-refractivity contribution in [3.8, 4) is 0 Å². The van der Waals surface area contributed by atoms with Crippen LogP contribution >= 0.6 is 22.9 Å². The number of hydrogen-bond acceptors (Lipinski definition) is 6. The van der Waals surface area contributed by atoms with Crippen molar-refractivity contribution >= 4 is 39.1 Å². The van der Waals surface area contributed by atoms with Crippen LogP contribution in [0, 0.1) is 13.8 Å². The maximum atomic E-state index is 13.1. The first-order chi connectivity index (χ1) is 16.5. The molecule has 4 aromatic rings. The number of ether oxygens (including phenoxy) is 1. The van der Waals surface area contributed by atoms with E-state index >= 15 is 0 Å². The van der Waals surface area contributed by atoms with E-state index in [0.717, 1.165) is 46.1 Å². The second kappa shape index (κ2) is 9.92. The Labute approximate surface area is 207 Å². The van der Waals surface area contributed by atoms with Crippen LogP contribution in [0.15, 0.2) is 46.9 Å². The van der Waals surface area contributed by atoms with Gasteiger partial charge in [-0.2, -0.15) is 5.10 Å². The fourth-order valence-electron chi connectivity index (χ4n) is 4.33. The number of nitrogens with zero attached hydrogens (tertiary/aromatic N) is 3. The zero-order valence-electron chi connectivity index (χ0n) is 19.2. The lowest BCUT2D eigenvalue weighted by atomic mass is 10.1. The van der Waals surface area contributed by atoms with Gasteiger partial charge in [0.1, 0.15) is 16.4 Å². The number of carbonyl (C=O) groups is 1. The topological polar surface area (TPSA) is 72.5 Å². The molecule has 34 heavy (non-hydrogen) atoms. The largest absolute Gasteiger partial charge is 0.465 e. The monoisotopic (exact) mass is 498 g/mol. The molecule has 0 radical (unpaired) electrons. The van der Waals surface area contributed by atoms with Gasteiger partial charge in [0, 0.05) is 30.0 Å². The van der Waals surface area contributed by atoms with Crippen molar-refractivity contribution in [3.05, 3.63) is 75.1 Å². The molecular weight excluding hydrogens is 472 g/mol. The van der Waals surface area contributed by atoms with E-state index in [-0.39, 0.29) is 11.9 Å². The van der Waals surface area contributed by atoms with Crippen molar-refractivity contribution in [1.29, 1.82) is 0 Å². The number of aryl methyl sites for hydroxylation is 2. The van der Waals surface area contributed by atoms with Gasteiger partial charge in [-0.15, -0.1) is 11.3 Å². The lowest BCUT2D eigenvalue weighted by molar-refractivity contribution is 0.0117. The third-order valence-corrected chi connectivity index (χ3v) is 7.66. The number of hydrogen-bond donors (Lipinski definition) is 1. The van der Waals surface area contributed by atoms with Crippen molar-refractivity contribution in [2.75, 3.05) is 32.8 Å². The first kappa shape index (κ1) is 23.1. The molecule has 9 heteroatoms. The summed E-state index contributed by atoms with van der Waals surface area (Å²) in [6.07, 6.45) is 0. The van der Waals surface area contributed by atoms with E-state index in [2.05, 4.69) is 15.3 Å². The van der Waals surface area contributed by atoms with Crippen LogP contribution in [0.25, 0.3) is 10.2 Å². The third-order valence-electron chi connectivity index (χ3n) is 6.14. The average Bonchev–Trinajstić information content (AvgIpc) is 3.54. The molecule has 1 aliphatic heterocycles. The second-order valence-electron chi connectivity index (χ2n) is 8.49. The molecule has 1 atom stereocenters. The van der Waals surface area contributed by atoms with Crippen molar-refractivity contribution in [2.45, 2.75) is 26.4 Å². The molecule has 3 aromatic heterocycles. The second-order valence-corrected chi connectivity index (χ2v) is 9.92. The van der Waals surface area contributed by atoms with Crippen molar-refractivity contribution in [3.63, 3.8) is 0 Å². The Morgan fingerprint density at radius 1 is 1.21 bits per heavy atom. The summed E-state index contributed by atoms with van der Waals surface area (Å²) in [5.74, 6) is 1.64. The highest BCUT2D eigenvalue weighted by atomic mass is 35.5. The molecule has 4 heterocycles. The number of thiophene rings is 1. The highest BCUT2D eigenvalue weighted by molar-refractivity contribution is 7.20. The van der Waals surface area contributed by atoms with E-state index in [1.807, 2.05) is 61.0 Å². The Kier molecular flexibility index (Phi) is 6.74. The maximum Gasteiger partial charge on any atom is 0.261 e. The number of aromatic nitrogens is 2. The van der Waals surface area contributed by atoms with Gasteiger partial charge >= 0.3 is 0 Å². The number of benzene rings is 1. The van der Waals surface area contributed by atoms with Crippen LogP contribution in [0.3, 0.4) is 0 Å². The summed E-state index contributed by atoms with van der Waals surface area (Å²) in [5.41, 5.74) is 1.89. The molecule has 0 spiro atoms. The Balaban J connectivity index is 1.34. The predicted octanol–water partition coefficient (Wildman–Crippen LogP) is 4.81. The SMILES string of the molecule is Cc1ccc(C(CNC(=O)c2cc3c(C)nn(Cc4ccccc4Cl)c3s2)N2CCOCC2)o1. The van der Waals surface area contributed by atoms with Crippen molar-refractivity contribution < 1.29 is 13.9 Å². The van der Waals surface area contributed by atoms with Crippen LogP contribution in [0.1, 0.15) is 38.5 Å². The number of fused-ring (bicyclic) bond motifs is 1. The standard InChI is InChI=1S/C25H27ClN4O3S/c1-16-7-8-22(33-16)21(29-9-11-32-12-10-29)14-27-24(31)23-13-19-17(2)28-30(25(19)34-23)15-18-5-3-4-6-20(18)26/h3-8,13,21H,9-12,14-15H2,1-2H3,(H,27,31). The van der Waals surface area contributed by atoms with Gasteiger partial charge in [0.25, 0.3) is 5.91 Å². The molecule has 0 aliphatic carbocycles. The average molecular weight is 499 g/mol. The van der Waals surface area contributed by atoms with E-state index in [9.17, 15) is 4.79 Å². The summed E-state index contributed by atoms with van der Waals surface area (Å²) < 4.78 is 13.4. The maximum absolute atomic E-state index is 13.1. The number of morpholine rings is 1. The quantitative estimate of drug-likeness (QED) is 0.396. The van der Waals surface area contributed by atoms with Crippen LogP contribution < -0.4 is 5.32 Å². The fraction of sp³-hybridized carbons (Fsp3) is 0.360. The highest BCUT2D eigenvalue weighted by Gasteiger charge is 2.26. The zero-order chi connectivity index (χ0) is 23.7. The first-order valence-corrected chi connectivity index (χ1v) is 12.6. The number of halogens is 1. The summed E-state index contributed by atoms with van der Waals surface area (Å²) >= 11 is 7.81. The number of amides is 1. The van der Waals surface area contributed by atoms with Gasteiger partial charge in [0.15, 0.2) is 0 Å². The molecule has 178 valence electrons. The molecule has 5 rings (SSSR count). The smallest absolute Gasteiger partial charge is 0.261 e. The Morgan fingerprint density at radius 2 is 2.00 bits per heavy atom. The molecule has 0 bridgehead atoms. The van der Waals surface area contributed by atoms with Crippen molar-refractivity contribution in [2.24, 2.45) is 0 Å². The van der Waals surface area contributed by atoms with Gasteiger partial charge in [-0.1, -0.05) is 29.8 Å². The lowest BCUT2D eigenvalue weighted by Crippen LogP contribution is -2.43. The number of furan rings is 1. The molecule has 1 saturated heterocycles. The number of carbonyl (C=O) groups excluding carboxylic acids is 1. The third kappa shape index (κ3) is 4.77. The fourth-order valence-corrected chi connectivity index (χ4v) is 5.60. The molecule has 7 nitrogen and oxygen atoms in total. The minimum absolute atomic E-state index is 0.0339. The molecule has 1 aromatic carbocycles. The summed E-state index contributed by atoms with van der Waals surface area (Å²) in [6.45, 7) is 7.90. The van der Waals surface area contributed by atoms with Gasteiger partial charge in [0.05, 0.1) is 36.4 Å². The first-order valence-electron chi connectivity index (χ1n) is 11.4. The van der Waals surface area contributed by atoms with Crippen LogP contribution in [0.5, 0.6) is 0 Å². The van der Waals surface area contributed by atoms with Gasteiger partial charge in [-0.05, 0) is 43.7 Å². The molecular formula is C25H27ClN4O3S. The van der Waals surface area contributed by atoms with Crippen LogP contribution in [-0.4, -0.2) is 53.4 Å². The van der Waals surface area contributed by atoms with Gasteiger partial charge < -0.3 is 14.5 Å². The highest BCUT2D eigenvalue weighted by Crippen LogP contribution is 2.30. The molecule has 1 fully saturated rings. The summed E-state index contributed by atoms with van der Waals surface area (Å²) in [7, 11) is 0. The van der Waals surface area contributed by atoms with E-state index in [1.54, 1.807) is 0 Å². The minimum Gasteiger partial charge on any atom is -0.465 e. The van der Waals surface area contributed by atoms with E-state index < -0.39 is 0 Å². The van der Waals surface area contributed by atoms with Crippen molar-refractivity contribution in [1.82, 2.24) is 20.0 Å². The van der Waals surface area contributed by atoms with E-state index in [0.29, 0.717) is 36.2 Å². The van der Waals surface area contributed by atoms with Crippen LogP contribution in [0.4, 0.5) is 0 Å². The van der Waals surface area contributed by atoms with Gasteiger partial charge in [0.2, 0.25) is 0 Å². The molecule has 1 aliphatic rings. The van der Waals surface area contributed by atoms with E-state index in [1.165, 1.54) is 11.3 Å². The Bertz CT molecular complexity index is 1300. The summed E-state index contributed by atoms with van der Waals surface area (Å²) in [5, 5.41) is 9.50. The molecule has 0 saturated carbocycles. The number of rotatable bonds is 7. The normalized spacial score (nSPS) is 15.6. The Morgan fingerprint density at radius 3 is 2.74 bits per heavy atom. The number of nitrogens with one attached hydrogen (secondary N) is 1. The Hall–Kier alpha value is -2.65. The zero-order valence-corrected chi connectivity index (χ0v) is 20.8. The van der Waals surface area contributed by atoms with Crippen LogP contribution in [0.2, 0.25) is 5.02 Å². The lowest BCUT2D eigenvalue weighted by Gasteiger charge is -2.33.